The Morgan fingerprint density at radius 2 is 1.92 bits per heavy atom. The van der Waals surface area contributed by atoms with Crippen molar-refractivity contribution in [2.24, 2.45) is 0 Å². The molecule has 2 aromatic rings. The number of benzene rings is 1. The molecule has 0 aliphatic carbocycles. The number of carboxylic acids is 1. The number of carbonyl (C=O) groups is 1. The van der Waals surface area contributed by atoms with Crippen molar-refractivity contribution in [1.29, 1.82) is 0 Å². The Kier molecular flexibility index (Phi) is 5.11. The van der Waals surface area contributed by atoms with Gasteiger partial charge in [-0.2, -0.15) is 0 Å². The van der Waals surface area contributed by atoms with Crippen molar-refractivity contribution >= 4 is 5.97 Å². The number of aromatic carboxylic acids is 1. The topological polar surface area (TPSA) is 73.7 Å². The molecule has 0 radical (unpaired) electrons. The third-order valence-electron chi connectivity index (χ3n) is 4.50. The predicted octanol–water partition coefficient (Wildman–Crippen LogP) is 2.87. The molecule has 0 unspecified atom stereocenters. The summed E-state index contributed by atoms with van der Waals surface area (Å²) < 4.78 is 0. The van der Waals surface area contributed by atoms with E-state index in [-0.39, 0.29) is 11.4 Å². The molecule has 5 heteroatoms. The van der Waals surface area contributed by atoms with E-state index in [0.717, 1.165) is 45.3 Å². The zero-order chi connectivity index (χ0) is 16.9. The van der Waals surface area contributed by atoms with E-state index in [1.807, 2.05) is 0 Å². The van der Waals surface area contributed by atoms with Crippen LogP contribution in [0.25, 0.3) is 0 Å². The van der Waals surface area contributed by atoms with Gasteiger partial charge in [-0.05, 0) is 55.5 Å². The largest absolute Gasteiger partial charge is 0.505 e. The SMILES string of the molecule is O=C(O)c1nc(CCCCN2CCc3ccccc3C2)ccc1O. The number of unbranched alkanes of at least 4 members (excludes halogenated alkanes) is 1. The summed E-state index contributed by atoms with van der Waals surface area (Å²) in [5, 5.41) is 18.5. The smallest absolute Gasteiger partial charge is 0.358 e. The maximum atomic E-state index is 11.0. The van der Waals surface area contributed by atoms with Crippen molar-refractivity contribution in [2.75, 3.05) is 13.1 Å². The van der Waals surface area contributed by atoms with Crippen LogP contribution >= 0.6 is 0 Å². The highest BCUT2D eigenvalue weighted by Crippen LogP contribution is 2.19. The van der Waals surface area contributed by atoms with Crippen molar-refractivity contribution in [3.8, 4) is 5.75 Å². The van der Waals surface area contributed by atoms with Crippen LogP contribution in [0.1, 0.15) is 40.2 Å². The summed E-state index contributed by atoms with van der Waals surface area (Å²) in [5.74, 6) is -1.47. The highest BCUT2D eigenvalue weighted by atomic mass is 16.4. The molecular formula is C19H22N2O3. The molecule has 2 heterocycles. The van der Waals surface area contributed by atoms with Crippen LogP contribution in [0.2, 0.25) is 0 Å². The normalized spacial score (nSPS) is 14.3. The molecule has 5 nitrogen and oxygen atoms in total. The Hall–Kier alpha value is -2.40. The van der Waals surface area contributed by atoms with Crippen LogP contribution in [0.4, 0.5) is 0 Å². The summed E-state index contributed by atoms with van der Waals surface area (Å²) in [6.45, 7) is 3.15. The third-order valence-corrected chi connectivity index (χ3v) is 4.50. The number of hydrogen-bond acceptors (Lipinski definition) is 4. The van der Waals surface area contributed by atoms with Crippen LogP contribution in [0.5, 0.6) is 5.75 Å². The van der Waals surface area contributed by atoms with Crippen molar-refractivity contribution in [1.82, 2.24) is 9.88 Å². The lowest BCUT2D eigenvalue weighted by molar-refractivity contribution is 0.0686. The highest BCUT2D eigenvalue weighted by molar-refractivity contribution is 5.88. The Labute approximate surface area is 141 Å². The molecular weight excluding hydrogens is 304 g/mol. The van der Waals surface area contributed by atoms with Gasteiger partial charge in [0.05, 0.1) is 0 Å². The number of aryl methyl sites for hydroxylation is 1. The zero-order valence-electron chi connectivity index (χ0n) is 13.6. The number of pyridine rings is 1. The molecule has 1 aliphatic heterocycles. The average Bonchev–Trinajstić information content (AvgIpc) is 2.59. The monoisotopic (exact) mass is 326 g/mol. The minimum Gasteiger partial charge on any atom is -0.505 e. The minimum atomic E-state index is -1.19. The van der Waals surface area contributed by atoms with Gasteiger partial charge in [0.15, 0.2) is 5.69 Å². The van der Waals surface area contributed by atoms with Gasteiger partial charge in [0.1, 0.15) is 5.75 Å². The van der Waals surface area contributed by atoms with Gasteiger partial charge in [-0.15, -0.1) is 0 Å². The van der Waals surface area contributed by atoms with Crippen LogP contribution < -0.4 is 0 Å². The second kappa shape index (κ2) is 7.45. The minimum absolute atomic E-state index is 0.264. The van der Waals surface area contributed by atoms with Crippen molar-refractivity contribution < 1.29 is 15.0 Å². The van der Waals surface area contributed by atoms with Gasteiger partial charge >= 0.3 is 5.97 Å². The second-order valence-electron chi connectivity index (χ2n) is 6.23. The van der Waals surface area contributed by atoms with E-state index in [4.69, 9.17) is 5.11 Å². The van der Waals surface area contributed by atoms with E-state index in [1.165, 1.54) is 17.2 Å². The van der Waals surface area contributed by atoms with E-state index in [0.29, 0.717) is 5.69 Å². The van der Waals surface area contributed by atoms with Crippen LogP contribution in [-0.2, 0) is 19.4 Å². The molecule has 0 bridgehead atoms. The van der Waals surface area contributed by atoms with Gasteiger partial charge < -0.3 is 10.2 Å². The Bertz CT molecular complexity index is 730. The number of hydrogen-bond donors (Lipinski definition) is 2. The summed E-state index contributed by atoms with van der Waals surface area (Å²) in [6.07, 6.45) is 3.84. The molecule has 1 aromatic carbocycles. The lowest BCUT2D eigenvalue weighted by Gasteiger charge is -2.28. The van der Waals surface area contributed by atoms with Gasteiger partial charge in [0.25, 0.3) is 0 Å². The molecule has 0 amide bonds. The van der Waals surface area contributed by atoms with Crippen LogP contribution in [0.15, 0.2) is 36.4 Å². The summed E-state index contributed by atoms with van der Waals surface area (Å²) in [4.78, 5) is 17.5. The first-order chi connectivity index (χ1) is 11.6. The van der Waals surface area contributed by atoms with E-state index in [1.54, 1.807) is 6.07 Å². The zero-order valence-corrected chi connectivity index (χ0v) is 13.6. The second-order valence-corrected chi connectivity index (χ2v) is 6.23. The first-order valence-electron chi connectivity index (χ1n) is 8.35. The number of fused-ring (bicyclic) bond motifs is 1. The fourth-order valence-electron chi connectivity index (χ4n) is 3.18. The van der Waals surface area contributed by atoms with E-state index >= 15 is 0 Å². The summed E-state index contributed by atoms with van der Waals surface area (Å²) >= 11 is 0. The van der Waals surface area contributed by atoms with Gasteiger partial charge in [-0.1, -0.05) is 24.3 Å². The standard InChI is InChI=1S/C19H22N2O3/c22-17-9-8-16(20-18(17)19(23)24)7-3-4-11-21-12-10-14-5-1-2-6-15(14)13-21/h1-2,5-6,8-9,22H,3-4,7,10-13H2,(H,23,24). The quantitative estimate of drug-likeness (QED) is 0.799. The number of carboxylic acid groups (broad SMARTS) is 1. The van der Waals surface area contributed by atoms with Crippen LogP contribution in [0.3, 0.4) is 0 Å². The highest BCUT2D eigenvalue weighted by Gasteiger charge is 2.15. The molecule has 0 saturated heterocycles. The maximum absolute atomic E-state index is 11.0. The molecule has 3 rings (SSSR count). The van der Waals surface area contributed by atoms with Crippen molar-refractivity contribution in [3.05, 3.63) is 58.9 Å². The molecule has 1 aliphatic rings. The number of aromatic hydroxyl groups is 1. The molecule has 0 spiro atoms. The number of aromatic nitrogens is 1. The first kappa shape index (κ1) is 16.5. The Morgan fingerprint density at radius 3 is 2.71 bits per heavy atom. The van der Waals surface area contributed by atoms with Crippen molar-refractivity contribution in [2.45, 2.75) is 32.2 Å². The lowest BCUT2D eigenvalue weighted by Crippen LogP contribution is -2.31. The Balaban J connectivity index is 1.46. The molecule has 0 saturated carbocycles. The molecule has 0 atom stereocenters. The predicted molar refractivity (Wildman–Crippen MR) is 91.2 cm³/mol. The summed E-state index contributed by atoms with van der Waals surface area (Å²) in [6, 6.07) is 11.7. The van der Waals surface area contributed by atoms with E-state index in [9.17, 15) is 9.90 Å². The molecule has 0 fully saturated rings. The fourth-order valence-corrected chi connectivity index (χ4v) is 3.18. The first-order valence-corrected chi connectivity index (χ1v) is 8.35. The summed E-state index contributed by atoms with van der Waals surface area (Å²) in [5.41, 5.74) is 3.34. The number of rotatable bonds is 6. The van der Waals surface area contributed by atoms with E-state index < -0.39 is 5.97 Å². The average molecular weight is 326 g/mol. The molecule has 126 valence electrons. The fraction of sp³-hybridized carbons (Fsp3) is 0.368. The van der Waals surface area contributed by atoms with Crippen LogP contribution in [-0.4, -0.2) is 39.2 Å². The maximum Gasteiger partial charge on any atom is 0.358 e. The lowest BCUT2D eigenvalue weighted by atomic mass is 10.00. The van der Waals surface area contributed by atoms with Gasteiger partial charge in [-0.3, -0.25) is 4.90 Å². The van der Waals surface area contributed by atoms with Gasteiger partial charge in [-0.25, -0.2) is 9.78 Å². The van der Waals surface area contributed by atoms with Crippen LogP contribution in [0, 0.1) is 0 Å². The molecule has 2 N–H and O–H groups in total. The molecule has 1 aromatic heterocycles. The molecule has 24 heavy (non-hydrogen) atoms. The van der Waals surface area contributed by atoms with Crippen molar-refractivity contribution in [3.63, 3.8) is 0 Å². The van der Waals surface area contributed by atoms with E-state index in [2.05, 4.69) is 34.1 Å². The van der Waals surface area contributed by atoms with Gasteiger partial charge in [0.2, 0.25) is 0 Å². The Morgan fingerprint density at radius 1 is 1.12 bits per heavy atom. The third kappa shape index (κ3) is 3.92. The van der Waals surface area contributed by atoms with Gasteiger partial charge in [0, 0.05) is 18.8 Å². The summed E-state index contributed by atoms with van der Waals surface area (Å²) in [7, 11) is 0. The number of nitrogens with zero attached hydrogens (tertiary/aromatic N) is 2.